The largest absolute Gasteiger partial charge is 0.491 e. The summed E-state index contributed by atoms with van der Waals surface area (Å²) in [6.45, 7) is 7.49. The van der Waals surface area contributed by atoms with Crippen LogP contribution in [0.1, 0.15) is 48.2 Å². The molecule has 6 heteroatoms. The molecule has 2 amide bonds. The van der Waals surface area contributed by atoms with Crippen molar-refractivity contribution in [3.05, 3.63) is 65.2 Å². The molecule has 0 unspecified atom stereocenters. The van der Waals surface area contributed by atoms with Gasteiger partial charge >= 0.3 is 0 Å². The van der Waals surface area contributed by atoms with E-state index in [0.717, 1.165) is 25.2 Å². The Morgan fingerprint density at radius 3 is 2.30 bits per heavy atom. The molecule has 1 fully saturated rings. The molecule has 2 aromatic carbocycles. The Morgan fingerprint density at radius 2 is 1.63 bits per heavy atom. The molecule has 1 aliphatic heterocycles. The molecule has 3 rings (SSSR count). The fourth-order valence-electron chi connectivity index (χ4n) is 3.54. The average molecular weight is 410 g/mol. The first-order valence-corrected chi connectivity index (χ1v) is 10.6. The number of nitrogens with one attached hydrogen (secondary N) is 2. The Labute approximate surface area is 178 Å². The summed E-state index contributed by atoms with van der Waals surface area (Å²) >= 11 is 0. The Bertz CT molecular complexity index is 843. The minimum absolute atomic E-state index is 0.0582. The zero-order valence-electron chi connectivity index (χ0n) is 17.8. The summed E-state index contributed by atoms with van der Waals surface area (Å²) in [5.74, 6) is 0.224. The van der Waals surface area contributed by atoms with Gasteiger partial charge in [-0.15, -0.1) is 0 Å². The Morgan fingerprint density at radius 1 is 0.967 bits per heavy atom. The minimum Gasteiger partial charge on any atom is -0.491 e. The SMILES string of the molecule is CC(C)Oc1ccc(C(=O)NCC(=O)NCc2ccccc2CN2CCCC2)cc1. The Kier molecular flexibility index (Phi) is 7.85. The van der Waals surface area contributed by atoms with Gasteiger partial charge in [0.1, 0.15) is 5.75 Å². The van der Waals surface area contributed by atoms with Crippen molar-refractivity contribution in [2.45, 2.75) is 45.9 Å². The second-order valence-corrected chi connectivity index (χ2v) is 7.90. The highest BCUT2D eigenvalue weighted by Gasteiger charge is 2.14. The second kappa shape index (κ2) is 10.8. The van der Waals surface area contributed by atoms with E-state index in [-0.39, 0.29) is 24.5 Å². The lowest BCUT2D eigenvalue weighted by molar-refractivity contribution is -0.120. The van der Waals surface area contributed by atoms with Crippen LogP contribution >= 0.6 is 0 Å². The molecule has 0 aliphatic carbocycles. The summed E-state index contributed by atoms with van der Waals surface area (Å²) < 4.78 is 5.57. The molecule has 0 radical (unpaired) electrons. The van der Waals surface area contributed by atoms with Gasteiger partial charge < -0.3 is 15.4 Å². The normalized spacial score (nSPS) is 14.0. The van der Waals surface area contributed by atoms with Gasteiger partial charge in [-0.05, 0) is 75.2 Å². The quantitative estimate of drug-likeness (QED) is 0.668. The first-order chi connectivity index (χ1) is 14.5. The molecule has 1 aliphatic rings. The van der Waals surface area contributed by atoms with Crippen LogP contribution in [0.3, 0.4) is 0 Å². The van der Waals surface area contributed by atoms with Crippen molar-refractivity contribution >= 4 is 11.8 Å². The van der Waals surface area contributed by atoms with Crippen LogP contribution in [0.4, 0.5) is 0 Å². The van der Waals surface area contributed by atoms with Crippen LogP contribution in [0.15, 0.2) is 48.5 Å². The fraction of sp³-hybridized carbons (Fsp3) is 0.417. The molecule has 0 spiro atoms. The summed E-state index contributed by atoms with van der Waals surface area (Å²) in [5, 5.41) is 5.58. The number of ether oxygens (including phenoxy) is 1. The van der Waals surface area contributed by atoms with E-state index in [1.54, 1.807) is 24.3 Å². The maximum absolute atomic E-state index is 12.3. The molecule has 6 nitrogen and oxygen atoms in total. The standard InChI is InChI=1S/C24H31N3O3/c1-18(2)30-22-11-9-19(10-12-22)24(29)26-16-23(28)25-15-20-7-3-4-8-21(20)17-27-13-5-6-14-27/h3-4,7-12,18H,5-6,13-17H2,1-2H3,(H,25,28)(H,26,29). The zero-order chi connectivity index (χ0) is 21.3. The monoisotopic (exact) mass is 409 g/mol. The van der Waals surface area contributed by atoms with Crippen LogP contribution in [-0.4, -0.2) is 42.5 Å². The summed E-state index contributed by atoms with van der Waals surface area (Å²) in [6, 6.07) is 15.1. The molecular weight excluding hydrogens is 378 g/mol. The zero-order valence-corrected chi connectivity index (χ0v) is 17.8. The van der Waals surface area contributed by atoms with Gasteiger partial charge in [0.05, 0.1) is 12.6 Å². The summed E-state index contributed by atoms with van der Waals surface area (Å²) in [6.07, 6.45) is 2.59. The van der Waals surface area contributed by atoms with E-state index >= 15 is 0 Å². The average Bonchev–Trinajstić information content (AvgIpc) is 3.24. The van der Waals surface area contributed by atoms with Gasteiger partial charge in [0, 0.05) is 18.7 Å². The third kappa shape index (κ3) is 6.59. The minimum atomic E-state index is -0.282. The van der Waals surface area contributed by atoms with E-state index < -0.39 is 0 Å². The van der Waals surface area contributed by atoms with Gasteiger partial charge in [-0.3, -0.25) is 14.5 Å². The number of rotatable bonds is 9. The molecule has 1 heterocycles. The lowest BCUT2D eigenvalue weighted by atomic mass is 10.1. The third-order valence-electron chi connectivity index (χ3n) is 5.08. The molecular formula is C24H31N3O3. The van der Waals surface area contributed by atoms with E-state index in [0.29, 0.717) is 17.9 Å². The highest BCUT2D eigenvalue weighted by molar-refractivity contribution is 5.96. The molecule has 30 heavy (non-hydrogen) atoms. The smallest absolute Gasteiger partial charge is 0.251 e. The van der Waals surface area contributed by atoms with E-state index in [1.807, 2.05) is 32.0 Å². The number of carbonyl (C=O) groups excluding carboxylic acids is 2. The van der Waals surface area contributed by atoms with Crippen LogP contribution < -0.4 is 15.4 Å². The van der Waals surface area contributed by atoms with Gasteiger partial charge in [-0.2, -0.15) is 0 Å². The molecule has 0 aromatic heterocycles. The number of likely N-dealkylation sites (tertiary alicyclic amines) is 1. The lowest BCUT2D eigenvalue weighted by Crippen LogP contribution is -2.36. The van der Waals surface area contributed by atoms with E-state index in [4.69, 9.17) is 4.74 Å². The Hall–Kier alpha value is -2.86. The van der Waals surface area contributed by atoms with Crippen LogP contribution in [0.2, 0.25) is 0 Å². The number of carbonyl (C=O) groups is 2. The maximum Gasteiger partial charge on any atom is 0.251 e. The predicted octanol–water partition coefficient (Wildman–Crippen LogP) is 3.12. The molecule has 0 bridgehead atoms. The summed E-state index contributed by atoms with van der Waals surface area (Å²) in [5.41, 5.74) is 2.85. The topological polar surface area (TPSA) is 70.7 Å². The molecule has 2 aromatic rings. The van der Waals surface area contributed by atoms with E-state index in [1.165, 1.54) is 18.4 Å². The van der Waals surface area contributed by atoms with Gasteiger partial charge in [0.2, 0.25) is 5.91 Å². The lowest BCUT2D eigenvalue weighted by Gasteiger charge is -2.17. The van der Waals surface area contributed by atoms with Gasteiger partial charge in [0.15, 0.2) is 0 Å². The van der Waals surface area contributed by atoms with Crippen LogP contribution in [0, 0.1) is 0 Å². The molecule has 0 saturated carbocycles. The van der Waals surface area contributed by atoms with Crippen molar-refractivity contribution in [1.29, 1.82) is 0 Å². The third-order valence-corrected chi connectivity index (χ3v) is 5.08. The van der Waals surface area contributed by atoms with Gasteiger partial charge in [-0.1, -0.05) is 24.3 Å². The molecule has 2 N–H and O–H groups in total. The fourth-order valence-corrected chi connectivity index (χ4v) is 3.54. The first kappa shape index (κ1) is 21.8. The number of nitrogens with zero attached hydrogens (tertiary/aromatic N) is 1. The number of amides is 2. The van der Waals surface area contributed by atoms with Gasteiger partial charge in [-0.25, -0.2) is 0 Å². The maximum atomic E-state index is 12.3. The highest BCUT2D eigenvalue weighted by atomic mass is 16.5. The first-order valence-electron chi connectivity index (χ1n) is 10.6. The van der Waals surface area contributed by atoms with Crippen LogP contribution in [-0.2, 0) is 17.9 Å². The Balaban J connectivity index is 1.45. The van der Waals surface area contributed by atoms with Gasteiger partial charge in [0.25, 0.3) is 5.91 Å². The van der Waals surface area contributed by atoms with E-state index in [2.05, 4.69) is 21.6 Å². The van der Waals surface area contributed by atoms with Crippen molar-refractivity contribution in [3.63, 3.8) is 0 Å². The molecule has 0 atom stereocenters. The second-order valence-electron chi connectivity index (χ2n) is 7.90. The van der Waals surface area contributed by atoms with Crippen molar-refractivity contribution in [2.24, 2.45) is 0 Å². The van der Waals surface area contributed by atoms with Crippen molar-refractivity contribution in [2.75, 3.05) is 19.6 Å². The van der Waals surface area contributed by atoms with Crippen LogP contribution in [0.5, 0.6) is 5.75 Å². The predicted molar refractivity (Wildman–Crippen MR) is 117 cm³/mol. The number of hydrogen-bond acceptors (Lipinski definition) is 4. The van der Waals surface area contributed by atoms with Crippen LogP contribution in [0.25, 0.3) is 0 Å². The van der Waals surface area contributed by atoms with Crippen molar-refractivity contribution < 1.29 is 14.3 Å². The summed E-state index contributed by atoms with van der Waals surface area (Å²) in [4.78, 5) is 26.9. The molecule has 160 valence electrons. The number of benzene rings is 2. The summed E-state index contributed by atoms with van der Waals surface area (Å²) in [7, 11) is 0. The number of hydrogen-bond donors (Lipinski definition) is 2. The molecule has 1 saturated heterocycles. The van der Waals surface area contributed by atoms with E-state index in [9.17, 15) is 9.59 Å². The highest BCUT2D eigenvalue weighted by Crippen LogP contribution is 2.16. The van der Waals surface area contributed by atoms with Crippen molar-refractivity contribution in [1.82, 2.24) is 15.5 Å². The van der Waals surface area contributed by atoms with Crippen molar-refractivity contribution in [3.8, 4) is 5.75 Å².